The fourth-order valence-electron chi connectivity index (χ4n) is 2.12. The number of rotatable bonds is 1. The molecule has 0 unspecified atom stereocenters. The van der Waals surface area contributed by atoms with Gasteiger partial charge in [-0.15, -0.1) is 0 Å². The van der Waals surface area contributed by atoms with E-state index in [-0.39, 0.29) is 6.10 Å². The van der Waals surface area contributed by atoms with Gasteiger partial charge in [-0.1, -0.05) is 13.0 Å². The lowest BCUT2D eigenvalue weighted by atomic mass is 9.97. The molecule has 4 heteroatoms. The van der Waals surface area contributed by atoms with Crippen molar-refractivity contribution >= 4 is 0 Å². The zero-order valence-corrected chi connectivity index (χ0v) is 9.14. The molecular formula is C12H14O4. The first-order valence-corrected chi connectivity index (χ1v) is 5.43. The van der Waals surface area contributed by atoms with Crippen molar-refractivity contribution in [3.05, 3.63) is 23.8 Å². The quantitative estimate of drug-likeness (QED) is 0.729. The molecular weight excluding hydrogens is 208 g/mol. The monoisotopic (exact) mass is 222 g/mol. The number of fused-ring (bicyclic) bond motifs is 1. The van der Waals surface area contributed by atoms with E-state index in [2.05, 4.69) is 6.92 Å². The Morgan fingerprint density at radius 1 is 1.12 bits per heavy atom. The predicted molar refractivity (Wildman–Crippen MR) is 56.4 cm³/mol. The first kappa shape index (κ1) is 9.93. The van der Waals surface area contributed by atoms with Gasteiger partial charge in [0, 0.05) is 5.92 Å². The smallest absolute Gasteiger partial charge is 0.231 e. The van der Waals surface area contributed by atoms with E-state index < -0.39 is 0 Å². The van der Waals surface area contributed by atoms with Crippen molar-refractivity contribution in [1.29, 1.82) is 0 Å². The molecule has 0 radical (unpaired) electrons. The third-order valence-corrected chi connectivity index (χ3v) is 2.95. The summed E-state index contributed by atoms with van der Waals surface area (Å²) in [6.07, 6.45) is 0.0863. The highest BCUT2D eigenvalue weighted by molar-refractivity contribution is 5.45. The zero-order valence-electron chi connectivity index (χ0n) is 9.14. The molecule has 0 amide bonds. The minimum atomic E-state index is 0.0863. The summed E-state index contributed by atoms with van der Waals surface area (Å²) < 4.78 is 21.5. The molecule has 2 atom stereocenters. The molecule has 1 saturated heterocycles. The Labute approximate surface area is 94.1 Å². The molecule has 1 aromatic rings. The summed E-state index contributed by atoms with van der Waals surface area (Å²) in [5.74, 6) is 1.97. The molecule has 1 fully saturated rings. The fourth-order valence-corrected chi connectivity index (χ4v) is 2.12. The van der Waals surface area contributed by atoms with E-state index in [4.69, 9.17) is 18.9 Å². The van der Waals surface area contributed by atoms with Gasteiger partial charge in [-0.2, -0.15) is 0 Å². The standard InChI is InChI=1S/C12H14O4/c1-8-5-13-6-16-12(8)9-2-3-10-11(4-9)15-7-14-10/h2-4,8,12H,5-7H2,1H3/t8-,12+/m0/s1. The van der Waals surface area contributed by atoms with E-state index in [1.54, 1.807) is 0 Å². The van der Waals surface area contributed by atoms with Gasteiger partial charge < -0.3 is 18.9 Å². The normalized spacial score (nSPS) is 28.1. The van der Waals surface area contributed by atoms with Crippen LogP contribution in [0.25, 0.3) is 0 Å². The maximum absolute atomic E-state index is 5.62. The molecule has 2 aliphatic rings. The molecule has 16 heavy (non-hydrogen) atoms. The van der Waals surface area contributed by atoms with Crippen molar-refractivity contribution < 1.29 is 18.9 Å². The molecule has 0 spiro atoms. The van der Waals surface area contributed by atoms with Crippen LogP contribution in [0.3, 0.4) is 0 Å². The summed E-state index contributed by atoms with van der Waals surface area (Å²) in [6, 6.07) is 5.96. The molecule has 0 aromatic heterocycles. The fraction of sp³-hybridized carbons (Fsp3) is 0.500. The van der Waals surface area contributed by atoms with Gasteiger partial charge in [-0.05, 0) is 17.7 Å². The highest BCUT2D eigenvalue weighted by Gasteiger charge is 2.26. The van der Waals surface area contributed by atoms with E-state index >= 15 is 0 Å². The minimum absolute atomic E-state index is 0.0863. The van der Waals surface area contributed by atoms with Crippen LogP contribution in [0.2, 0.25) is 0 Å². The third-order valence-electron chi connectivity index (χ3n) is 2.95. The Morgan fingerprint density at radius 2 is 2.00 bits per heavy atom. The molecule has 3 rings (SSSR count). The van der Waals surface area contributed by atoms with Crippen LogP contribution in [0.5, 0.6) is 11.5 Å². The van der Waals surface area contributed by atoms with Crippen molar-refractivity contribution in [2.75, 3.05) is 20.2 Å². The average molecular weight is 222 g/mol. The van der Waals surface area contributed by atoms with Gasteiger partial charge in [0.05, 0.1) is 12.7 Å². The second kappa shape index (κ2) is 3.96. The third kappa shape index (κ3) is 1.64. The molecule has 0 aliphatic carbocycles. The van der Waals surface area contributed by atoms with E-state index in [0.717, 1.165) is 23.7 Å². The minimum Gasteiger partial charge on any atom is -0.454 e. The van der Waals surface area contributed by atoms with Gasteiger partial charge in [0.1, 0.15) is 6.79 Å². The van der Waals surface area contributed by atoms with Crippen molar-refractivity contribution in [2.24, 2.45) is 5.92 Å². The van der Waals surface area contributed by atoms with E-state index in [1.807, 2.05) is 18.2 Å². The van der Waals surface area contributed by atoms with Crippen LogP contribution in [-0.2, 0) is 9.47 Å². The van der Waals surface area contributed by atoms with Crippen molar-refractivity contribution in [3.63, 3.8) is 0 Å². The molecule has 2 aliphatic heterocycles. The maximum atomic E-state index is 5.62. The van der Waals surface area contributed by atoms with Crippen molar-refractivity contribution in [2.45, 2.75) is 13.0 Å². The molecule has 1 aromatic carbocycles. The largest absolute Gasteiger partial charge is 0.454 e. The summed E-state index contributed by atoms with van der Waals surface area (Å²) in [4.78, 5) is 0. The Balaban J connectivity index is 1.88. The van der Waals surface area contributed by atoms with E-state index in [0.29, 0.717) is 19.5 Å². The van der Waals surface area contributed by atoms with Crippen molar-refractivity contribution in [3.8, 4) is 11.5 Å². The lowest BCUT2D eigenvalue weighted by Gasteiger charge is -2.29. The number of hydrogen-bond acceptors (Lipinski definition) is 4. The Morgan fingerprint density at radius 3 is 2.88 bits per heavy atom. The highest BCUT2D eigenvalue weighted by Crippen LogP contribution is 2.37. The van der Waals surface area contributed by atoms with E-state index in [1.165, 1.54) is 0 Å². The summed E-state index contributed by atoms with van der Waals surface area (Å²) in [6.45, 7) is 3.53. The summed E-state index contributed by atoms with van der Waals surface area (Å²) in [7, 11) is 0. The average Bonchev–Trinajstić information content (AvgIpc) is 2.76. The van der Waals surface area contributed by atoms with Crippen LogP contribution >= 0.6 is 0 Å². The molecule has 2 heterocycles. The first-order chi connectivity index (χ1) is 7.84. The van der Waals surface area contributed by atoms with Crippen LogP contribution in [0.1, 0.15) is 18.6 Å². The number of benzene rings is 1. The molecule has 0 bridgehead atoms. The summed E-state index contributed by atoms with van der Waals surface area (Å²) >= 11 is 0. The lowest BCUT2D eigenvalue weighted by molar-refractivity contribution is -0.168. The van der Waals surface area contributed by atoms with Gasteiger partial charge in [0.2, 0.25) is 6.79 Å². The summed E-state index contributed by atoms with van der Waals surface area (Å²) in [5.41, 5.74) is 1.13. The van der Waals surface area contributed by atoms with Gasteiger partial charge >= 0.3 is 0 Å². The number of ether oxygens (including phenoxy) is 4. The summed E-state index contributed by atoms with van der Waals surface area (Å²) in [5, 5.41) is 0. The molecule has 0 N–H and O–H groups in total. The Bertz CT molecular complexity index is 391. The first-order valence-electron chi connectivity index (χ1n) is 5.43. The molecule has 0 saturated carbocycles. The van der Waals surface area contributed by atoms with Gasteiger partial charge in [-0.25, -0.2) is 0 Å². The van der Waals surface area contributed by atoms with Crippen LogP contribution < -0.4 is 9.47 Å². The second-order valence-electron chi connectivity index (χ2n) is 4.17. The van der Waals surface area contributed by atoms with E-state index in [9.17, 15) is 0 Å². The van der Waals surface area contributed by atoms with Gasteiger partial charge in [0.15, 0.2) is 11.5 Å². The molecule has 86 valence electrons. The lowest BCUT2D eigenvalue weighted by Crippen LogP contribution is -2.25. The van der Waals surface area contributed by atoms with Crippen LogP contribution in [0, 0.1) is 5.92 Å². The van der Waals surface area contributed by atoms with Crippen molar-refractivity contribution in [1.82, 2.24) is 0 Å². The molecule has 4 nitrogen and oxygen atoms in total. The Kier molecular flexibility index (Phi) is 2.46. The second-order valence-corrected chi connectivity index (χ2v) is 4.17. The SMILES string of the molecule is C[C@H]1COCO[C@H]1c1ccc2c(c1)OCO2. The Hall–Kier alpha value is -1.26. The van der Waals surface area contributed by atoms with Crippen LogP contribution in [-0.4, -0.2) is 20.2 Å². The van der Waals surface area contributed by atoms with Crippen LogP contribution in [0.4, 0.5) is 0 Å². The van der Waals surface area contributed by atoms with Crippen LogP contribution in [0.15, 0.2) is 18.2 Å². The van der Waals surface area contributed by atoms with Gasteiger partial charge in [-0.3, -0.25) is 0 Å². The van der Waals surface area contributed by atoms with Gasteiger partial charge in [0.25, 0.3) is 0 Å². The number of hydrogen-bond donors (Lipinski definition) is 0. The topological polar surface area (TPSA) is 36.9 Å². The zero-order chi connectivity index (χ0) is 11.0. The predicted octanol–water partition coefficient (Wildman–Crippen LogP) is 2.10. The maximum Gasteiger partial charge on any atom is 0.231 e. The highest BCUT2D eigenvalue weighted by atomic mass is 16.7.